The van der Waals surface area contributed by atoms with Gasteiger partial charge in [-0.3, -0.25) is 9.88 Å². The van der Waals surface area contributed by atoms with Gasteiger partial charge < -0.3 is 5.32 Å². The average Bonchev–Trinajstić information content (AvgIpc) is 3.07. The van der Waals surface area contributed by atoms with Crippen LogP contribution in [-0.2, 0) is 6.54 Å². The maximum absolute atomic E-state index is 4.22. The van der Waals surface area contributed by atoms with Crippen molar-refractivity contribution < 1.29 is 0 Å². The highest BCUT2D eigenvalue weighted by Crippen LogP contribution is 2.38. The van der Waals surface area contributed by atoms with Crippen LogP contribution in [0.5, 0.6) is 0 Å². The first kappa shape index (κ1) is 13.5. The van der Waals surface area contributed by atoms with Gasteiger partial charge in [0.05, 0.1) is 5.51 Å². The third kappa shape index (κ3) is 3.18. The SMILES string of the molecule is CC(C)(C)C1CN(Cc2cncs2)C(C2CC2)CN1. The number of hydrogen-bond donors (Lipinski definition) is 1. The molecule has 0 aromatic carbocycles. The molecule has 106 valence electrons. The largest absolute Gasteiger partial charge is 0.311 e. The Bertz CT molecular complexity index is 406. The summed E-state index contributed by atoms with van der Waals surface area (Å²) in [6.07, 6.45) is 4.88. The van der Waals surface area contributed by atoms with Crippen molar-refractivity contribution in [3.05, 3.63) is 16.6 Å². The van der Waals surface area contributed by atoms with Crippen molar-refractivity contribution >= 4 is 11.3 Å². The van der Waals surface area contributed by atoms with Crippen LogP contribution in [-0.4, -0.2) is 35.1 Å². The average molecular weight is 279 g/mol. The van der Waals surface area contributed by atoms with Crippen LogP contribution in [0.15, 0.2) is 11.7 Å². The van der Waals surface area contributed by atoms with Gasteiger partial charge in [0.1, 0.15) is 0 Å². The minimum atomic E-state index is 0.334. The van der Waals surface area contributed by atoms with Crippen LogP contribution in [0.1, 0.15) is 38.5 Å². The summed E-state index contributed by atoms with van der Waals surface area (Å²) in [5, 5.41) is 3.79. The van der Waals surface area contributed by atoms with E-state index in [4.69, 9.17) is 0 Å². The Balaban J connectivity index is 1.71. The number of nitrogens with zero attached hydrogens (tertiary/aromatic N) is 2. The van der Waals surface area contributed by atoms with E-state index < -0.39 is 0 Å². The van der Waals surface area contributed by atoms with Gasteiger partial charge in [-0.1, -0.05) is 20.8 Å². The molecule has 2 heterocycles. The summed E-state index contributed by atoms with van der Waals surface area (Å²) in [5.74, 6) is 0.932. The van der Waals surface area contributed by atoms with Gasteiger partial charge in [0.25, 0.3) is 0 Å². The van der Waals surface area contributed by atoms with Crippen LogP contribution < -0.4 is 5.32 Å². The fourth-order valence-electron chi connectivity index (χ4n) is 3.05. The molecule has 0 radical (unpaired) electrons. The zero-order valence-corrected chi connectivity index (χ0v) is 13.0. The molecule has 0 bridgehead atoms. The Morgan fingerprint density at radius 2 is 2.21 bits per heavy atom. The second-order valence-corrected chi connectivity index (χ2v) is 8.10. The van der Waals surface area contributed by atoms with E-state index >= 15 is 0 Å². The highest BCUT2D eigenvalue weighted by Gasteiger charge is 2.41. The summed E-state index contributed by atoms with van der Waals surface area (Å²) < 4.78 is 0. The molecule has 3 rings (SSSR count). The Labute approximate surface area is 120 Å². The molecule has 4 heteroatoms. The van der Waals surface area contributed by atoms with Crippen molar-refractivity contribution in [2.75, 3.05) is 13.1 Å². The molecular weight excluding hydrogens is 254 g/mol. The molecule has 1 aromatic rings. The summed E-state index contributed by atoms with van der Waals surface area (Å²) in [7, 11) is 0. The van der Waals surface area contributed by atoms with Crippen molar-refractivity contribution in [1.29, 1.82) is 0 Å². The van der Waals surface area contributed by atoms with Crippen LogP contribution in [0.4, 0.5) is 0 Å². The van der Waals surface area contributed by atoms with Crippen molar-refractivity contribution in [2.24, 2.45) is 11.3 Å². The van der Waals surface area contributed by atoms with E-state index in [0.717, 1.165) is 25.0 Å². The molecule has 1 N–H and O–H groups in total. The van der Waals surface area contributed by atoms with E-state index in [2.05, 4.69) is 36.0 Å². The monoisotopic (exact) mass is 279 g/mol. The van der Waals surface area contributed by atoms with E-state index in [1.807, 2.05) is 11.7 Å². The lowest BCUT2D eigenvalue weighted by molar-refractivity contribution is 0.0696. The van der Waals surface area contributed by atoms with Crippen LogP contribution in [0, 0.1) is 11.3 Å². The molecule has 1 aromatic heterocycles. The third-order valence-corrected chi connectivity index (χ3v) is 5.28. The summed E-state index contributed by atoms with van der Waals surface area (Å²) in [4.78, 5) is 8.33. The highest BCUT2D eigenvalue weighted by molar-refractivity contribution is 7.09. The molecule has 3 nitrogen and oxygen atoms in total. The lowest BCUT2D eigenvalue weighted by Gasteiger charge is -2.45. The number of piperazine rings is 1. The minimum absolute atomic E-state index is 0.334. The summed E-state index contributed by atoms with van der Waals surface area (Å²) in [6.45, 7) is 10.4. The predicted octanol–water partition coefficient (Wildman–Crippen LogP) is 2.74. The van der Waals surface area contributed by atoms with Gasteiger partial charge >= 0.3 is 0 Å². The third-order valence-electron chi connectivity index (χ3n) is 4.51. The second kappa shape index (κ2) is 5.15. The first-order valence-electron chi connectivity index (χ1n) is 7.39. The topological polar surface area (TPSA) is 28.2 Å². The fourth-order valence-corrected chi connectivity index (χ4v) is 3.67. The van der Waals surface area contributed by atoms with Crippen LogP contribution in [0.2, 0.25) is 0 Å². The fraction of sp³-hybridized carbons (Fsp3) is 0.800. The summed E-state index contributed by atoms with van der Waals surface area (Å²) in [6, 6.07) is 1.33. The van der Waals surface area contributed by atoms with Crippen LogP contribution in [0.25, 0.3) is 0 Å². The lowest BCUT2D eigenvalue weighted by atomic mass is 9.84. The number of rotatable bonds is 3. The molecule has 1 aliphatic heterocycles. The maximum Gasteiger partial charge on any atom is 0.0794 e. The first-order chi connectivity index (χ1) is 9.04. The van der Waals surface area contributed by atoms with Crippen molar-refractivity contribution in [3.63, 3.8) is 0 Å². The molecule has 19 heavy (non-hydrogen) atoms. The van der Waals surface area contributed by atoms with Crippen molar-refractivity contribution in [1.82, 2.24) is 15.2 Å². The lowest BCUT2D eigenvalue weighted by Crippen LogP contribution is -2.60. The van der Waals surface area contributed by atoms with Gasteiger partial charge in [0.15, 0.2) is 0 Å². The molecule has 1 aliphatic carbocycles. The zero-order valence-electron chi connectivity index (χ0n) is 12.2. The Morgan fingerprint density at radius 3 is 2.79 bits per heavy atom. The Hall–Kier alpha value is -0.450. The Kier molecular flexibility index (Phi) is 3.67. The van der Waals surface area contributed by atoms with Crippen molar-refractivity contribution in [3.8, 4) is 0 Å². The van der Waals surface area contributed by atoms with Gasteiger partial charge in [0.2, 0.25) is 0 Å². The smallest absolute Gasteiger partial charge is 0.0794 e. The van der Waals surface area contributed by atoms with E-state index in [1.54, 1.807) is 11.3 Å². The van der Waals surface area contributed by atoms with Crippen molar-refractivity contribution in [2.45, 2.75) is 52.2 Å². The van der Waals surface area contributed by atoms with E-state index in [-0.39, 0.29) is 0 Å². The molecule has 1 saturated carbocycles. The Morgan fingerprint density at radius 1 is 1.42 bits per heavy atom. The van der Waals surface area contributed by atoms with Crippen LogP contribution >= 0.6 is 11.3 Å². The predicted molar refractivity (Wildman–Crippen MR) is 80.3 cm³/mol. The zero-order chi connectivity index (χ0) is 13.5. The quantitative estimate of drug-likeness (QED) is 0.922. The number of hydrogen-bond acceptors (Lipinski definition) is 4. The van der Waals surface area contributed by atoms with Gasteiger partial charge in [0, 0.05) is 42.8 Å². The molecule has 2 aliphatic rings. The number of nitrogens with one attached hydrogen (secondary N) is 1. The van der Waals surface area contributed by atoms with Gasteiger partial charge in [-0.2, -0.15) is 0 Å². The number of aromatic nitrogens is 1. The summed E-state index contributed by atoms with van der Waals surface area (Å²) in [5.41, 5.74) is 2.28. The van der Waals surface area contributed by atoms with E-state index in [0.29, 0.717) is 11.5 Å². The van der Waals surface area contributed by atoms with Gasteiger partial charge in [-0.15, -0.1) is 11.3 Å². The standard InChI is InChI=1S/C15H25N3S/c1-15(2,3)14-9-18(8-12-6-16-10-19-12)13(7-17-14)11-4-5-11/h6,10-11,13-14,17H,4-5,7-9H2,1-3H3. The normalized spacial score (nSPS) is 29.6. The van der Waals surface area contributed by atoms with Crippen LogP contribution in [0.3, 0.4) is 0 Å². The molecule has 2 fully saturated rings. The number of thiazole rings is 1. The first-order valence-corrected chi connectivity index (χ1v) is 8.27. The molecule has 0 amide bonds. The van der Waals surface area contributed by atoms with Gasteiger partial charge in [-0.25, -0.2) is 0 Å². The molecule has 1 saturated heterocycles. The highest BCUT2D eigenvalue weighted by atomic mass is 32.1. The molecule has 0 spiro atoms. The molecule has 2 atom stereocenters. The van der Waals surface area contributed by atoms with E-state index in [9.17, 15) is 0 Å². The van der Waals surface area contributed by atoms with Gasteiger partial charge in [-0.05, 0) is 24.2 Å². The summed E-state index contributed by atoms with van der Waals surface area (Å²) >= 11 is 1.79. The maximum atomic E-state index is 4.22. The second-order valence-electron chi connectivity index (χ2n) is 7.13. The minimum Gasteiger partial charge on any atom is -0.311 e. The molecule has 2 unspecified atom stereocenters. The van der Waals surface area contributed by atoms with E-state index in [1.165, 1.54) is 24.3 Å². The molecular formula is C15H25N3S.